The normalized spacial score (nSPS) is 24.8. The number of hydrogen-bond acceptors (Lipinski definition) is 7. The minimum Gasteiger partial charge on any atom is -0.444 e. The Morgan fingerprint density at radius 1 is 1.02 bits per heavy atom. The highest BCUT2D eigenvalue weighted by atomic mass is 16.6. The number of fused-ring (bicyclic) bond motifs is 1. The van der Waals surface area contributed by atoms with Gasteiger partial charge in [0.05, 0.1) is 12.6 Å². The smallest absolute Gasteiger partial charge is 0.408 e. The molecule has 2 aliphatic carbocycles. The van der Waals surface area contributed by atoms with Crippen LogP contribution < -0.4 is 21.7 Å². The van der Waals surface area contributed by atoms with E-state index in [4.69, 9.17) is 10.5 Å². The SMILES string of the molecule is CCCC(NC(=O)[C@@H]1C2C(CN1C(=O)C(NC(=O)OC(C)(C)C)C1CCCCC1)C2(C)C)C(=O)C(=O)NCC(N)=O. The van der Waals surface area contributed by atoms with Crippen molar-refractivity contribution < 1.29 is 33.5 Å². The number of ketones is 1. The molecular weight excluding hydrogens is 530 g/mol. The summed E-state index contributed by atoms with van der Waals surface area (Å²) in [6, 6.07) is -2.81. The second kappa shape index (κ2) is 12.8. The number of primary amides is 1. The van der Waals surface area contributed by atoms with Crippen LogP contribution in [0.25, 0.3) is 0 Å². The second-order valence-corrected chi connectivity index (χ2v) is 13.3. The molecule has 0 radical (unpaired) electrons. The molecule has 0 aromatic heterocycles. The van der Waals surface area contributed by atoms with E-state index in [9.17, 15) is 28.8 Å². The first-order valence-corrected chi connectivity index (χ1v) is 14.8. The Balaban J connectivity index is 1.83. The fourth-order valence-electron chi connectivity index (χ4n) is 6.50. The third kappa shape index (κ3) is 7.77. The van der Waals surface area contributed by atoms with Gasteiger partial charge in [-0.25, -0.2) is 4.79 Å². The van der Waals surface area contributed by atoms with Crippen molar-refractivity contribution in [2.24, 2.45) is 28.9 Å². The van der Waals surface area contributed by atoms with Crippen molar-refractivity contribution in [3.8, 4) is 0 Å². The molecule has 0 bridgehead atoms. The number of hydrogen-bond donors (Lipinski definition) is 4. The number of amides is 5. The molecule has 12 heteroatoms. The van der Waals surface area contributed by atoms with Crippen molar-refractivity contribution in [1.82, 2.24) is 20.9 Å². The van der Waals surface area contributed by atoms with Crippen molar-refractivity contribution >= 4 is 35.5 Å². The number of Topliss-reactive ketones (excluding diaryl/α,β-unsaturated/α-hetero) is 1. The van der Waals surface area contributed by atoms with Gasteiger partial charge in [-0.15, -0.1) is 0 Å². The lowest BCUT2D eigenvalue weighted by Gasteiger charge is -2.37. The van der Waals surface area contributed by atoms with Crippen LogP contribution in [0.5, 0.6) is 0 Å². The van der Waals surface area contributed by atoms with Gasteiger partial charge in [-0.1, -0.05) is 46.5 Å². The molecule has 4 unspecified atom stereocenters. The minimum atomic E-state index is -1.12. The summed E-state index contributed by atoms with van der Waals surface area (Å²) in [4.78, 5) is 78.5. The molecule has 0 spiro atoms. The summed E-state index contributed by atoms with van der Waals surface area (Å²) < 4.78 is 5.47. The summed E-state index contributed by atoms with van der Waals surface area (Å²) >= 11 is 0. The fourth-order valence-corrected chi connectivity index (χ4v) is 6.50. The summed E-state index contributed by atoms with van der Waals surface area (Å²) in [6.45, 7) is 11.0. The number of piperidine rings is 1. The van der Waals surface area contributed by atoms with Crippen molar-refractivity contribution in [2.75, 3.05) is 13.1 Å². The lowest BCUT2D eigenvalue weighted by Crippen LogP contribution is -2.60. The summed E-state index contributed by atoms with van der Waals surface area (Å²) in [6.07, 6.45) is 4.56. The first-order valence-electron chi connectivity index (χ1n) is 14.8. The minimum absolute atomic E-state index is 0.0826. The van der Waals surface area contributed by atoms with E-state index in [-0.39, 0.29) is 35.5 Å². The highest BCUT2D eigenvalue weighted by Gasteiger charge is 2.69. The van der Waals surface area contributed by atoms with E-state index in [1.807, 2.05) is 20.8 Å². The van der Waals surface area contributed by atoms with Gasteiger partial charge in [0.1, 0.15) is 17.7 Å². The van der Waals surface area contributed by atoms with Crippen LogP contribution in [-0.2, 0) is 28.7 Å². The van der Waals surface area contributed by atoms with Crippen LogP contribution in [0.2, 0.25) is 0 Å². The van der Waals surface area contributed by atoms with E-state index in [2.05, 4.69) is 16.0 Å². The maximum Gasteiger partial charge on any atom is 0.408 e. The van der Waals surface area contributed by atoms with Crippen LogP contribution in [0.15, 0.2) is 0 Å². The predicted octanol–water partition coefficient (Wildman–Crippen LogP) is 1.40. The molecule has 0 aromatic carbocycles. The van der Waals surface area contributed by atoms with Crippen LogP contribution in [0, 0.1) is 23.2 Å². The van der Waals surface area contributed by atoms with Gasteiger partial charge in [0.2, 0.25) is 23.5 Å². The number of nitrogens with two attached hydrogens (primary N) is 1. The number of ether oxygens (including phenoxy) is 1. The highest BCUT2D eigenvalue weighted by molar-refractivity contribution is 6.38. The van der Waals surface area contributed by atoms with Crippen molar-refractivity contribution in [2.45, 2.75) is 110 Å². The maximum atomic E-state index is 14.1. The molecule has 1 saturated heterocycles. The largest absolute Gasteiger partial charge is 0.444 e. The number of carbonyl (C=O) groups excluding carboxylic acids is 6. The van der Waals surface area contributed by atoms with Gasteiger partial charge in [-0.2, -0.15) is 0 Å². The van der Waals surface area contributed by atoms with Gasteiger partial charge in [0.25, 0.3) is 5.91 Å². The second-order valence-electron chi connectivity index (χ2n) is 13.3. The molecule has 5 amide bonds. The monoisotopic (exact) mass is 577 g/mol. The Hall–Kier alpha value is -3.18. The molecule has 3 rings (SSSR count). The van der Waals surface area contributed by atoms with Crippen LogP contribution in [0.4, 0.5) is 4.79 Å². The Kier molecular flexibility index (Phi) is 10.1. The molecule has 1 aliphatic heterocycles. The van der Waals surface area contributed by atoms with Gasteiger partial charge in [-0.3, -0.25) is 24.0 Å². The zero-order valence-corrected chi connectivity index (χ0v) is 25.2. The fraction of sp³-hybridized carbons (Fsp3) is 0.793. The van der Waals surface area contributed by atoms with E-state index < -0.39 is 59.9 Å². The average molecular weight is 578 g/mol. The van der Waals surface area contributed by atoms with E-state index in [1.54, 1.807) is 25.7 Å². The number of nitrogens with zero attached hydrogens (tertiary/aromatic N) is 1. The zero-order chi connectivity index (χ0) is 30.7. The molecule has 0 aromatic rings. The van der Waals surface area contributed by atoms with E-state index >= 15 is 0 Å². The predicted molar refractivity (Wildman–Crippen MR) is 150 cm³/mol. The Bertz CT molecular complexity index is 1050. The first-order chi connectivity index (χ1) is 19.1. The van der Waals surface area contributed by atoms with Crippen molar-refractivity contribution in [3.05, 3.63) is 0 Å². The lowest BCUT2D eigenvalue weighted by molar-refractivity contribution is -0.145. The molecule has 1 heterocycles. The number of likely N-dealkylation sites (tertiary alicyclic amines) is 1. The van der Waals surface area contributed by atoms with Crippen LogP contribution in [0.3, 0.4) is 0 Å². The van der Waals surface area contributed by atoms with E-state index in [0.717, 1.165) is 32.1 Å². The van der Waals surface area contributed by atoms with Gasteiger partial charge < -0.3 is 31.3 Å². The molecule has 3 fully saturated rings. The topological polar surface area (TPSA) is 177 Å². The molecular formula is C29H47N5O7. The summed E-state index contributed by atoms with van der Waals surface area (Å²) in [7, 11) is 0. The summed E-state index contributed by atoms with van der Waals surface area (Å²) in [5.74, 6) is -3.64. The van der Waals surface area contributed by atoms with Crippen LogP contribution in [-0.4, -0.2) is 77.2 Å². The Labute approximate surface area is 242 Å². The van der Waals surface area contributed by atoms with Crippen LogP contribution >= 0.6 is 0 Å². The van der Waals surface area contributed by atoms with Crippen molar-refractivity contribution in [1.29, 1.82) is 0 Å². The Morgan fingerprint density at radius 2 is 1.66 bits per heavy atom. The number of nitrogens with one attached hydrogen (secondary N) is 3. The van der Waals surface area contributed by atoms with E-state index in [0.29, 0.717) is 13.0 Å². The highest BCUT2D eigenvalue weighted by Crippen LogP contribution is 2.65. The standard InChI is InChI=1S/C29H47N5O7/c1-7-11-18(23(36)25(38)31-14-19(30)35)32-24(37)22-20-17(29(20,5)6)15-34(22)26(39)21(16-12-9-8-10-13-16)33-27(40)41-28(2,3)4/h16-18,20-22H,7-15H2,1-6H3,(H2,30,35)(H,31,38)(H,32,37)(H,33,40)/t17?,18?,20?,21?,22-/m0/s1. The van der Waals surface area contributed by atoms with Crippen molar-refractivity contribution in [3.63, 3.8) is 0 Å². The van der Waals surface area contributed by atoms with Gasteiger partial charge in [-0.05, 0) is 63.2 Å². The number of rotatable bonds is 11. The summed E-state index contributed by atoms with van der Waals surface area (Å²) in [5.41, 5.74) is 4.14. The molecule has 2 saturated carbocycles. The molecule has 3 aliphatic rings. The first kappa shape index (κ1) is 32.3. The molecule has 5 atom stereocenters. The molecule has 230 valence electrons. The molecule has 5 N–H and O–H groups in total. The third-order valence-corrected chi connectivity index (χ3v) is 8.68. The average Bonchev–Trinajstić information content (AvgIpc) is 3.21. The quantitative estimate of drug-likeness (QED) is 0.268. The Morgan fingerprint density at radius 3 is 2.22 bits per heavy atom. The molecule has 41 heavy (non-hydrogen) atoms. The van der Waals surface area contributed by atoms with Gasteiger partial charge in [0, 0.05) is 6.54 Å². The third-order valence-electron chi connectivity index (χ3n) is 8.68. The molecule has 12 nitrogen and oxygen atoms in total. The number of carbonyl (C=O) groups is 6. The van der Waals surface area contributed by atoms with Crippen LogP contribution in [0.1, 0.15) is 86.5 Å². The lowest BCUT2D eigenvalue weighted by atomic mass is 9.83. The maximum absolute atomic E-state index is 14.1. The number of alkyl carbamates (subject to hydrolysis) is 1. The zero-order valence-electron chi connectivity index (χ0n) is 25.2. The van der Waals surface area contributed by atoms with Gasteiger partial charge in [0.15, 0.2) is 0 Å². The summed E-state index contributed by atoms with van der Waals surface area (Å²) in [5, 5.41) is 7.72. The van der Waals surface area contributed by atoms with E-state index in [1.165, 1.54) is 0 Å². The van der Waals surface area contributed by atoms with Gasteiger partial charge >= 0.3 is 6.09 Å².